The first-order valence-corrected chi connectivity index (χ1v) is 12.3. The fourth-order valence-electron chi connectivity index (χ4n) is 2.92. The summed E-state index contributed by atoms with van der Waals surface area (Å²) in [5, 5.41) is 0. The van der Waals surface area contributed by atoms with Gasteiger partial charge in [-0.15, -0.1) is 0 Å². The molecule has 0 heterocycles. The van der Waals surface area contributed by atoms with E-state index in [0.29, 0.717) is 0 Å². The number of rotatable bonds is 17. The number of carbonyl (C=O) groups excluding carboxylic acids is 6. The average molecular weight is 543 g/mol. The van der Waals surface area contributed by atoms with Crippen LogP contribution in [0.4, 0.5) is 0 Å². The fraction of sp³-hybridized carbons (Fsp3) is 0.615. The van der Waals surface area contributed by atoms with Crippen LogP contribution < -0.4 is 0 Å². The first kappa shape index (κ1) is 34.3. The maximum atomic E-state index is 12.7. The van der Waals surface area contributed by atoms with E-state index in [1.807, 2.05) is 0 Å². The number of hydrogen-bond donors (Lipinski definition) is 0. The first-order valence-electron chi connectivity index (χ1n) is 12.3. The minimum Gasteiger partial charge on any atom is -0.466 e. The monoisotopic (exact) mass is 542 g/mol. The van der Waals surface area contributed by atoms with Crippen molar-refractivity contribution >= 4 is 35.8 Å². The largest absolute Gasteiger partial charge is 0.466 e. The Kier molecular flexibility index (Phi) is 16.0. The third-order valence-electron chi connectivity index (χ3n) is 5.11. The lowest BCUT2D eigenvalue weighted by molar-refractivity contribution is -0.163. The first-order chi connectivity index (χ1) is 17.8. The van der Waals surface area contributed by atoms with E-state index >= 15 is 0 Å². The lowest BCUT2D eigenvalue weighted by Crippen LogP contribution is -2.35. The van der Waals surface area contributed by atoms with Gasteiger partial charge in [0.15, 0.2) is 0 Å². The Morgan fingerprint density at radius 1 is 0.553 bits per heavy atom. The quantitative estimate of drug-likeness (QED) is 0.150. The van der Waals surface area contributed by atoms with Crippen molar-refractivity contribution in [1.29, 1.82) is 0 Å². The van der Waals surface area contributed by atoms with E-state index in [1.165, 1.54) is 13.8 Å². The van der Waals surface area contributed by atoms with Crippen molar-refractivity contribution in [3.63, 3.8) is 0 Å². The van der Waals surface area contributed by atoms with E-state index in [-0.39, 0.29) is 37.6 Å². The zero-order chi connectivity index (χ0) is 29.4. The molecule has 0 aromatic heterocycles. The molecule has 214 valence electrons. The molecule has 0 aromatic carbocycles. The molecule has 4 unspecified atom stereocenters. The van der Waals surface area contributed by atoms with Crippen molar-refractivity contribution in [2.24, 2.45) is 11.8 Å². The molecule has 4 atom stereocenters. The van der Waals surface area contributed by atoms with Gasteiger partial charge in [0.05, 0.1) is 51.1 Å². The summed E-state index contributed by atoms with van der Waals surface area (Å²) in [6.07, 6.45) is -3.05. The number of carbonyl (C=O) groups is 6. The van der Waals surface area contributed by atoms with Gasteiger partial charge in [0.1, 0.15) is 12.2 Å². The molecule has 12 heteroatoms. The second-order valence-electron chi connectivity index (χ2n) is 7.90. The Morgan fingerprint density at radius 2 is 0.842 bits per heavy atom. The maximum absolute atomic E-state index is 12.7. The predicted octanol–water partition coefficient (Wildman–Crippen LogP) is 2.23. The van der Waals surface area contributed by atoms with E-state index in [0.717, 1.165) is 0 Å². The molecule has 0 aliphatic heterocycles. The molecular formula is C26H38O12. The highest BCUT2D eigenvalue weighted by atomic mass is 16.6. The molecule has 0 radical (unpaired) electrons. The fourth-order valence-corrected chi connectivity index (χ4v) is 2.92. The molecule has 0 bridgehead atoms. The van der Waals surface area contributed by atoms with Gasteiger partial charge in [-0.3, -0.25) is 19.2 Å². The maximum Gasteiger partial charge on any atom is 0.334 e. The van der Waals surface area contributed by atoms with Gasteiger partial charge < -0.3 is 28.4 Å². The van der Waals surface area contributed by atoms with Gasteiger partial charge in [0, 0.05) is 11.1 Å². The molecule has 0 amide bonds. The third-order valence-corrected chi connectivity index (χ3v) is 5.11. The van der Waals surface area contributed by atoms with Crippen LogP contribution in [0.25, 0.3) is 0 Å². The molecule has 0 N–H and O–H groups in total. The summed E-state index contributed by atoms with van der Waals surface area (Å²) < 4.78 is 30.1. The van der Waals surface area contributed by atoms with Crippen LogP contribution in [0.2, 0.25) is 0 Å². The van der Waals surface area contributed by atoms with Crippen LogP contribution in [0.1, 0.15) is 54.4 Å². The summed E-state index contributed by atoms with van der Waals surface area (Å²) in [6.45, 7) is 16.5. The van der Waals surface area contributed by atoms with Gasteiger partial charge in [-0.25, -0.2) is 9.59 Å². The summed E-state index contributed by atoms with van der Waals surface area (Å²) >= 11 is 0. The van der Waals surface area contributed by atoms with Crippen LogP contribution in [0.15, 0.2) is 24.3 Å². The molecule has 0 spiro atoms. The van der Waals surface area contributed by atoms with Gasteiger partial charge in [-0.2, -0.15) is 0 Å². The summed E-state index contributed by atoms with van der Waals surface area (Å²) in [5.74, 6) is -7.87. The molecule has 0 aromatic rings. The summed E-state index contributed by atoms with van der Waals surface area (Å²) in [6, 6.07) is 0. The minimum atomic E-state index is -1.33. The van der Waals surface area contributed by atoms with E-state index < -0.39 is 72.7 Å². The summed E-state index contributed by atoms with van der Waals surface area (Å²) in [5.41, 5.74) is -0.689. The zero-order valence-electron chi connectivity index (χ0n) is 22.9. The van der Waals surface area contributed by atoms with Gasteiger partial charge in [-0.05, 0) is 41.5 Å². The van der Waals surface area contributed by atoms with Crippen molar-refractivity contribution in [3.8, 4) is 0 Å². The van der Waals surface area contributed by atoms with Crippen molar-refractivity contribution in [2.45, 2.75) is 66.6 Å². The van der Waals surface area contributed by atoms with Crippen molar-refractivity contribution < 1.29 is 57.2 Å². The van der Waals surface area contributed by atoms with Crippen molar-refractivity contribution in [2.75, 3.05) is 26.4 Å². The topological polar surface area (TPSA) is 158 Å². The highest BCUT2D eigenvalue weighted by Crippen LogP contribution is 2.22. The highest BCUT2D eigenvalue weighted by Gasteiger charge is 2.35. The highest BCUT2D eigenvalue weighted by molar-refractivity contribution is 5.97. The van der Waals surface area contributed by atoms with Crippen LogP contribution in [-0.4, -0.2) is 74.5 Å². The Labute approximate surface area is 222 Å². The zero-order valence-corrected chi connectivity index (χ0v) is 22.9. The average Bonchev–Trinajstić information content (AvgIpc) is 2.85. The molecule has 0 aliphatic carbocycles. The summed E-state index contributed by atoms with van der Waals surface area (Å²) in [4.78, 5) is 73.7. The molecule has 0 fully saturated rings. The van der Waals surface area contributed by atoms with E-state index in [4.69, 9.17) is 28.4 Å². The van der Waals surface area contributed by atoms with Gasteiger partial charge in [0.25, 0.3) is 0 Å². The number of esters is 6. The van der Waals surface area contributed by atoms with Crippen LogP contribution in [-0.2, 0) is 57.2 Å². The Morgan fingerprint density at radius 3 is 1.11 bits per heavy atom. The summed E-state index contributed by atoms with van der Waals surface area (Å²) in [7, 11) is 0. The molecule has 0 saturated carbocycles. The van der Waals surface area contributed by atoms with Gasteiger partial charge >= 0.3 is 35.8 Å². The molecule has 0 rings (SSSR count). The smallest absolute Gasteiger partial charge is 0.334 e. The number of hydrogen-bond acceptors (Lipinski definition) is 12. The van der Waals surface area contributed by atoms with Crippen molar-refractivity contribution in [3.05, 3.63) is 24.3 Å². The van der Waals surface area contributed by atoms with Gasteiger partial charge in [-0.1, -0.05) is 13.2 Å². The second-order valence-corrected chi connectivity index (χ2v) is 7.90. The third kappa shape index (κ3) is 11.6. The minimum absolute atomic E-state index is 0.0106. The van der Waals surface area contributed by atoms with Crippen LogP contribution >= 0.6 is 0 Å². The molecule has 12 nitrogen and oxygen atoms in total. The SMILES string of the molecule is C=C(C(=O)OC(C)C(C)OC(=O)C(=C)C(CC(=O)OCC)C(=O)OCC)C(CC(=O)OCC)C(=O)OCC. The van der Waals surface area contributed by atoms with E-state index in [1.54, 1.807) is 27.7 Å². The number of ether oxygens (including phenoxy) is 6. The van der Waals surface area contributed by atoms with Crippen LogP contribution in [0.5, 0.6) is 0 Å². The van der Waals surface area contributed by atoms with Crippen LogP contribution in [0, 0.1) is 11.8 Å². The predicted molar refractivity (Wildman–Crippen MR) is 132 cm³/mol. The van der Waals surface area contributed by atoms with E-state index in [2.05, 4.69) is 13.2 Å². The standard InChI is InChI=1S/C26H38O12/c1-9-33-21(27)13-19(25(31)35-11-3)15(5)23(29)37-17(7)18(8)38-24(30)16(6)20(26(32)36-12-4)14-22(28)34-10-2/h17-20H,5-6,9-14H2,1-4,7-8H3. The lowest BCUT2D eigenvalue weighted by atomic mass is 9.96. The van der Waals surface area contributed by atoms with Crippen LogP contribution in [0.3, 0.4) is 0 Å². The molecule has 38 heavy (non-hydrogen) atoms. The molecule has 0 saturated heterocycles. The molecule has 0 aliphatic rings. The van der Waals surface area contributed by atoms with Gasteiger partial charge in [0.2, 0.25) is 0 Å². The lowest BCUT2D eigenvalue weighted by Gasteiger charge is -2.24. The Balaban J connectivity index is 5.38. The molecular weight excluding hydrogens is 504 g/mol. The normalized spacial score (nSPS) is 13.5. The second kappa shape index (κ2) is 17.7. The van der Waals surface area contributed by atoms with Crippen molar-refractivity contribution in [1.82, 2.24) is 0 Å². The van der Waals surface area contributed by atoms with E-state index in [9.17, 15) is 28.8 Å². The Bertz CT molecular complexity index is 819. The Hall–Kier alpha value is -3.70.